The average molecular weight is 358 g/mol. The van der Waals surface area contributed by atoms with Gasteiger partial charge in [0.15, 0.2) is 0 Å². The van der Waals surface area contributed by atoms with Gasteiger partial charge in [0.05, 0.1) is 6.04 Å². The monoisotopic (exact) mass is 358 g/mol. The zero-order valence-corrected chi connectivity index (χ0v) is 16.3. The van der Waals surface area contributed by atoms with Gasteiger partial charge >= 0.3 is 0 Å². The van der Waals surface area contributed by atoms with E-state index in [0.29, 0.717) is 6.61 Å². The van der Waals surface area contributed by atoms with Crippen LogP contribution in [0.4, 0.5) is 0 Å². The molecule has 0 fully saturated rings. The van der Waals surface area contributed by atoms with Crippen LogP contribution >= 0.6 is 0 Å². The molecule has 27 heavy (non-hydrogen) atoms. The van der Waals surface area contributed by atoms with Gasteiger partial charge in [-0.1, -0.05) is 48.0 Å². The summed E-state index contributed by atoms with van der Waals surface area (Å²) in [6.45, 7) is 8.03. The Hall–Kier alpha value is -2.81. The van der Waals surface area contributed by atoms with Crippen molar-refractivity contribution in [2.24, 2.45) is 4.99 Å². The molecule has 3 aromatic rings. The Balaban J connectivity index is 1.55. The number of rotatable bonds is 5. The normalized spacial score (nSPS) is 16.3. The van der Waals surface area contributed by atoms with E-state index in [4.69, 9.17) is 9.73 Å². The summed E-state index contributed by atoms with van der Waals surface area (Å²) in [4.78, 5) is 4.86. The van der Waals surface area contributed by atoms with Gasteiger partial charge in [-0.3, -0.25) is 0 Å². The highest BCUT2D eigenvalue weighted by atomic mass is 16.5. The molecule has 2 aromatic carbocycles. The van der Waals surface area contributed by atoms with Crippen molar-refractivity contribution >= 4 is 5.90 Å². The lowest BCUT2D eigenvalue weighted by Gasteiger charge is -2.14. The van der Waals surface area contributed by atoms with Crippen LogP contribution in [-0.2, 0) is 17.7 Å². The molecule has 0 spiro atoms. The van der Waals surface area contributed by atoms with Crippen LogP contribution in [0.25, 0.3) is 0 Å². The van der Waals surface area contributed by atoms with Gasteiger partial charge in [-0.2, -0.15) is 0 Å². The predicted octanol–water partition coefficient (Wildman–Crippen LogP) is 4.85. The summed E-state index contributed by atoms with van der Waals surface area (Å²) in [6, 6.07) is 19.4. The van der Waals surface area contributed by atoms with E-state index >= 15 is 0 Å². The van der Waals surface area contributed by atoms with Gasteiger partial charge in [0, 0.05) is 12.7 Å². The summed E-state index contributed by atoms with van der Waals surface area (Å²) in [7, 11) is 0. The third-order valence-corrected chi connectivity index (χ3v) is 5.24. The molecule has 0 saturated carbocycles. The van der Waals surface area contributed by atoms with Crippen molar-refractivity contribution in [3.63, 3.8) is 0 Å². The molecule has 2 heterocycles. The highest BCUT2D eigenvalue weighted by Gasteiger charge is 2.22. The zero-order chi connectivity index (χ0) is 18.8. The number of hydrogen-bond donors (Lipinski definition) is 0. The van der Waals surface area contributed by atoms with E-state index in [1.54, 1.807) is 0 Å². The van der Waals surface area contributed by atoms with Crippen LogP contribution in [0.3, 0.4) is 0 Å². The minimum absolute atomic E-state index is 0.189. The Morgan fingerprint density at radius 2 is 1.74 bits per heavy atom. The molecular weight excluding hydrogens is 332 g/mol. The summed E-state index contributed by atoms with van der Waals surface area (Å²) in [5.74, 6) is 0.767. The minimum atomic E-state index is 0.189. The standard InChI is InChI=1S/C24H26N2O/c1-17-12-18(2)22(19(3)13-17)15-26-11-7-10-23(26)24-25-21(16-27-24)14-20-8-5-4-6-9-20/h4-13,21H,14-16H2,1-3H3/t21-/m1/s1. The lowest BCUT2D eigenvalue weighted by Crippen LogP contribution is -2.12. The summed E-state index contributed by atoms with van der Waals surface area (Å²) >= 11 is 0. The molecule has 0 aliphatic carbocycles. The number of aromatic nitrogens is 1. The molecule has 1 aromatic heterocycles. The number of benzene rings is 2. The third-order valence-electron chi connectivity index (χ3n) is 5.24. The van der Waals surface area contributed by atoms with Crippen LogP contribution in [0.2, 0.25) is 0 Å². The fourth-order valence-corrected chi connectivity index (χ4v) is 3.92. The molecule has 1 atom stereocenters. The smallest absolute Gasteiger partial charge is 0.233 e. The van der Waals surface area contributed by atoms with Gasteiger partial charge in [0.25, 0.3) is 0 Å². The van der Waals surface area contributed by atoms with Crippen molar-refractivity contribution in [2.75, 3.05) is 6.61 Å². The maximum absolute atomic E-state index is 5.97. The maximum Gasteiger partial charge on any atom is 0.233 e. The van der Waals surface area contributed by atoms with Crippen molar-refractivity contribution in [3.8, 4) is 0 Å². The summed E-state index contributed by atoms with van der Waals surface area (Å²) in [5.41, 5.74) is 7.72. The number of ether oxygens (including phenoxy) is 1. The Labute approximate surface area is 161 Å². The van der Waals surface area contributed by atoms with Gasteiger partial charge in [-0.05, 0) is 61.6 Å². The first-order valence-electron chi connectivity index (χ1n) is 9.57. The highest BCUT2D eigenvalue weighted by molar-refractivity contribution is 5.93. The SMILES string of the molecule is Cc1cc(C)c(Cn2cccc2C2=N[C@H](Cc3ccccc3)CO2)c(C)c1. The van der Waals surface area contributed by atoms with E-state index in [2.05, 4.69) is 80.1 Å². The van der Waals surface area contributed by atoms with Crippen LogP contribution in [-0.4, -0.2) is 23.1 Å². The van der Waals surface area contributed by atoms with Gasteiger partial charge < -0.3 is 9.30 Å². The van der Waals surface area contributed by atoms with Crippen LogP contribution in [0, 0.1) is 20.8 Å². The lowest BCUT2D eigenvalue weighted by molar-refractivity contribution is 0.315. The van der Waals surface area contributed by atoms with Gasteiger partial charge in [-0.15, -0.1) is 0 Å². The summed E-state index contributed by atoms with van der Waals surface area (Å²) in [5, 5.41) is 0. The van der Waals surface area contributed by atoms with E-state index in [1.807, 2.05) is 6.07 Å². The van der Waals surface area contributed by atoms with Crippen molar-refractivity contribution in [3.05, 3.63) is 94.3 Å². The predicted molar refractivity (Wildman–Crippen MR) is 111 cm³/mol. The number of aryl methyl sites for hydroxylation is 3. The zero-order valence-electron chi connectivity index (χ0n) is 16.3. The largest absolute Gasteiger partial charge is 0.474 e. The fraction of sp³-hybridized carbons (Fsp3) is 0.292. The number of aliphatic imine (C=N–C) groups is 1. The summed E-state index contributed by atoms with van der Waals surface area (Å²) in [6.07, 6.45) is 3.03. The molecule has 0 unspecified atom stereocenters. The highest BCUT2D eigenvalue weighted by Crippen LogP contribution is 2.21. The Kier molecular flexibility index (Phi) is 4.85. The van der Waals surface area contributed by atoms with Crippen molar-refractivity contribution in [1.82, 2.24) is 4.57 Å². The molecular formula is C24H26N2O. The van der Waals surface area contributed by atoms with Gasteiger partial charge in [0.2, 0.25) is 5.90 Å². The van der Waals surface area contributed by atoms with E-state index in [0.717, 1.165) is 24.6 Å². The first kappa shape index (κ1) is 17.6. The second kappa shape index (κ2) is 7.43. The third kappa shape index (κ3) is 3.82. The van der Waals surface area contributed by atoms with E-state index in [9.17, 15) is 0 Å². The molecule has 0 N–H and O–H groups in total. The molecule has 0 amide bonds. The number of hydrogen-bond acceptors (Lipinski definition) is 2. The molecule has 0 saturated heterocycles. The van der Waals surface area contributed by atoms with Crippen molar-refractivity contribution in [1.29, 1.82) is 0 Å². The van der Waals surface area contributed by atoms with Crippen LogP contribution in [0.1, 0.15) is 33.5 Å². The molecule has 3 heteroatoms. The Bertz CT molecular complexity index is 946. The molecule has 0 bridgehead atoms. The first-order chi connectivity index (χ1) is 13.1. The minimum Gasteiger partial charge on any atom is -0.474 e. The number of nitrogens with zero attached hydrogens (tertiary/aromatic N) is 2. The van der Waals surface area contributed by atoms with Crippen molar-refractivity contribution in [2.45, 2.75) is 39.8 Å². The van der Waals surface area contributed by atoms with Crippen LogP contribution < -0.4 is 0 Å². The Morgan fingerprint density at radius 3 is 2.48 bits per heavy atom. The molecule has 1 aliphatic heterocycles. The molecule has 138 valence electrons. The van der Waals surface area contributed by atoms with E-state index in [1.165, 1.54) is 27.8 Å². The second-order valence-electron chi connectivity index (χ2n) is 7.49. The quantitative estimate of drug-likeness (QED) is 0.640. The maximum atomic E-state index is 5.97. The first-order valence-corrected chi connectivity index (χ1v) is 9.57. The van der Waals surface area contributed by atoms with Gasteiger partial charge in [0.1, 0.15) is 12.3 Å². The molecule has 1 aliphatic rings. The fourth-order valence-electron chi connectivity index (χ4n) is 3.92. The average Bonchev–Trinajstić information content (AvgIpc) is 3.28. The van der Waals surface area contributed by atoms with E-state index in [-0.39, 0.29) is 6.04 Å². The summed E-state index contributed by atoms with van der Waals surface area (Å²) < 4.78 is 8.21. The van der Waals surface area contributed by atoms with Crippen LogP contribution in [0.5, 0.6) is 0 Å². The molecule has 4 rings (SSSR count). The van der Waals surface area contributed by atoms with Crippen LogP contribution in [0.15, 0.2) is 65.8 Å². The second-order valence-corrected chi connectivity index (χ2v) is 7.49. The van der Waals surface area contributed by atoms with Crippen molar-refractivity contribution < 1.29 is 4.74 Å². The van der Waals surface area contributed by atoms with E-state index < -0.39 is 0 Å². The molecule has 0 radical (unpaired) electrons. The lowest BCUT2D eigenvalue weighted by atomic mass is 10.00. The molecule has 3 nitrogen and oxygen atoms in total. The topological polar surface area (TPSA) is 26.5 Å². The Morgan fingerprint density at radius 1 is 1.00 bits per heavy atom. The van der Waals surface area contributed by atoms with Gasteiger partial charge in [-0.25, -0.2) is 4.99 Å².